The van der Waals surface area contributed by atoms with Gasteiger partial charge in [0.15, 0.2) is 5.82 Å². The number of halogens is 1. The van der Waals surface area contributed by atoms with Gasteiger partial charge in [-0.3, -0.25) is 0 Å². The van der Waals surface area contributed by atoms with E-state index in [9.17, 15) is 0 Å². The van der Waals surface area contributed by atoms with Crippen molar-refractivity contribution in [1.82, 2.24) is 20.1 Å². The summed E-state index contributed by atoms with van der Waals surface area (Å²) in [6.07, 6.45) is 1.10. The van der Waals surface area contributed by atoms with E-state index >= 15 is 0 Å². The zero-order valence-corrected chi connectivity index (χ0v) is 15.4. The van der Waals surface area contributed by atoms with E-state index in [-0.39, 0.29) is 12.4 Å². The van der Waals surface area contributed by atoms with Crippen molar-refractivity contribution < 1.29 is 0 Å². The van der Waals surface area contributed by atoms with Crippen LogP contribution < -0.4 is 5.32 Å². The van der Waals surface area contributed by atoms with Gasteiger partial charge < -0.3 is 15.2 Å². The molecule has 0 aliphatic rings. The Morgan fingerprint density at radius 2 is 1.88 bits per heavy atom. The molecule has 24 heavy (non-hydrogen) atoms. The summed E-state index contributed by atoms with van der Waals surface area (Å²) in [4.78, 5) is 5.90. The van der Waals surface area contributed by atoms with Crippen LogP contribution in [-0.2, 0) is 0 Å². The molecule has 0 aliphatic carbocycles. The van der Waals surface area contributed by atoms with Crippen molar-refractivity contribution in [1.29, 1.82) is 0 Å². The minimum Gasteiger partial charge on any atom is -0.368 e. The summed E-state index contributed by atoms with van der Waals surface area (Å²) >= 11 is 0. The van der Waals surface area contributed by atoms with Gasteiger partial charge in [0, 0.05) is 17.4 Å². The van der Waals surface area contributed by atoms with Crippen LogP contribution in [-0.4, -0.2) is 46.3 Å². The zero-order chi connectivity index (χ0) is 16.2. The Morgan fingerprint density at radius 1 is 1.12 bits per heavy atom. The Morgan fingerprint density at radius 3 is 2.62 bits per heavy atom. The predicted molar refractivity (Wildman–Crippen MR) is 104 cm³/mol. The highest BCUT2D eigenvalue weighted by Crippen LogP contribution is 2.30. The lowest BCUT2D eigenvalue weighted by molar-refractivity contribution is 0.303. The maximum atomic E-state index is 4.39. The maximum Gasteiger partial charge on any atom is 0.158 e. The molecule has 2 heterocycles. The van der Waals surface area contributed by atoms with E-state index < -0.39 is 0 Å². The summed E-state index contributed by atoms with van der Waals surface area (Å²) in [6, 6.07) is 8.34. The average molecular weight is 348 g/mol. The molecule has 2 aromatic heterocycles. The van der Waals surface area contributed by atoms with Crippen molar-refractivity contribution >= 4 is 40.0 Å². The standard InChI is InChI=1S/C18H25N5.ClH/c1-4-23(5-2)12-8-11-19-18-16-14-9-6-7-10-15(14)20-17(16)13(3)21-22-18;/h6-7,9-10,20H,4-5,8,11-12H2,1-3H3,(H,19,22);1H. The first-order chi connectivity index (χ1) is 11.2. The minimum atomic E-state index is 0. The van der Waals surface area contributed by atoms with Crippen molar-refractivity contribution in [3.8, 4) is 0 Å². The fourth-order valence-electron chi connectivity index (χ4n) is 3.06. The molecule has 0 amide bonds. The van der Waals surface area contributed by atoms with Crippen molar-refractivity contribution in [3.63, 3.8) is 0 Å². The summed E-state index contributed by atoms with van der Waals surface area (Å²) in [7, 11) is 0. The van der Waals surface area contributed by atoms with Gasteiger partial charge in [-0.05, 0) is 39.0 Å². The van der Waals surface area contributed by atoms with Crippen LogP contribution in [0.4, 0.5) is 5.82 Å². The number of rotatable bonds is 7. The average Bonchev–Trinajstić information content (AvgIpc) is 2.97. The smallest absolute Gasteiger partial charge is 0.158 e. The highest BCUT2D eigenvalue weighted by atomic mass is 35.5. The first-order valence-electron chi connectivity index (χ1n) is 8.44. The summed E-state index contributed by atoms with van der Waals surface area (Å²) in [5.41, 5.74) is 3.14. The van der Waals surface area contributed by atoms with Gasteiger partial charge in [0.05, 0.1) is 16.6 Å². The molecule has 0 saturated carbocycles. The Kier molecular flexibility index (Phi) is 6.40. The van der Waals surface area contributed by atoms with Gasteiger partial charge in [-0.15, -0.1) is 17.5 Å². The van der Waals surface area contributed by atoms with Crippen LogP contribution in [0.3, 0.4) is 0 Å². The van der Waals surface area contributed by atoms with E-state index in [4.69, 9.17) is 0 Å². The minimum absolute atomic E-state index is 0. The lowest BCUT2D eigenvalue weighted by Crippen LogP contribution is -2.25. The number of nitrogens with zero attached hydrogens (tertiary/aromatic N) is 3. The number of anilines is 1. The maximum absolute atomic E-state index is 4.39. The number of nitrogens with one attached hydrogen (secondary N) is 2. The van der Waals surface area contributed by atoms with E-state index in [0.717, 1.165) is 60.5 Å². The van der Waals surface area contributed by atoms with E-state index in [1.807, 2.05) is 13.0 Å². The SMILES string of the molecule is CCN(CC)CCCNc1nnc(C)c2[nH]c3ccccc3c12.Cl. The number of benzene rings is 1. The van der Waals surface area contributed by atoms with E-state index in [2.05, 4.69) is 57.4 Å². The summed E-state index contributed by atoms with van der Waals surface area (Å²) < 4.78 is 0. The third kappa shape index (κ3) is 3.62. The molecule has 0 aliphatic heterocycles. The summed E-state index contributed by atoms with van der Waals surface area (Å²) in [6.45, 7) is 10.6. The Hall–Kier alpha value is -1.85. The number of aryl methyl sites for hydroxylation is 1. The highest BCUT2D eigenvalue weighted by Gasteiger charge is 2.12. The Balaban J connectivity index is 0.00000208. The van der Waals surface area contributed by atoms with Crippen molar-refractivity contribution in [2.24, 2.45) is 0 Å². The van der Waals surface area contributed by atoms with Gasteiger partial charge in [-0.2, -0.15) is 5.10 Å². The van der Waals surface area contributed by atoms with Crippen LogP contribution in [0.2, 0.25) is 0 Å². The van der Waals surface area contributed by atoms with Crippen LogP contribution in [0.1, 0.15) is 26.0 Å². The third-order valence-corrected chi connectivity index (χ3v) is 4.44. The third-order valence-electron chi connectivity index (χ3n) is 4.44. The normalized spacial score (nSPS) is 11.2. The molecule has 3 aromatic rings. The van der Waals surface area contributed by atoms with E-state index in [0.29, 0.717) is 0 Å². The molecule has 0 atom stereocenters. The van der Waals surface area contributed by atoms with Gasteiger partial charge in [-0.1, -0.05) is 32.0 Å². The highest BCUT2D eigenvalue weighted by molar-refractivity contribution is 6.12. The van der Waals surface area contributed by atoms with Crippen molar-refractivity contribution in [3.05, 3.63) is 30.0 Å². The largest absolute Gasteiger partial charge is 0.368 e. The van der Waals surface area contributed by atoms with Crippen molar-refractivity contribution in [2.75, 3.05) is 31.5 Å². The van der Waals surface area contributed by atoms with Gasteiger partial charge in [0.1, 0.15) is 0 Å². The number of aromatic amines is 1. The Bertz CT molecular complexity index is 795. The molecule has 2 N–H and O–H groups in total. The topological polar surface area (TPSA) is 56.8 Å². The molecule has 5 nitrogen and oxygen atoms in total. The second-order valence-corrected chi connectivity index (χ2v) is 5.86. The molecule has 3 rings (SSSR count). The molecule has 0 spiro atoms. The van der Waals surface area contributed by atoms with Crippen LogP contribution in [0, 0.1) is 6.92 Å². The second-order valence-electron chi connectivity index (χ2n) is 5.86. The number of hydrogen-bond acceptors (Lipinski definition) is 4. The van der Waals surface area contributed by atoms with Gasteiger partial charge in [0.2, 0.25) is 0 Å². The molecule has 0 saturated heterocycles. The van der Waals surface area contributed by atoms with Gasteiger partial charge in [0.25, 0.3) is 0 Å². The fourth-order valence-corrected chi connectivity index (χ4v) is 3.06. The van der Waals surface area contributed by atoms with Crippen LogP contribution in [0.5, 0.6) is 0 Å². The monoisotopic (exact) mass is 347 g/mol. The molecule has 130 valence electrons. The first-order valence-corrected chi connectivity index (χ1v) is 8.44. The molecule has 0 unspecified atom stereocenters. The van der Waals surface area contributed by atoms with Gasteiger partial charge in [-0.25, -0.2) is 0 Å². The van der Waals surface area contributed by atoms with Crippen LogP contribution >= 0.6 is 12.4 Å². The molecule has 0 radical (unpaired) electrons. The van der Waals surface area contributed by atoms with Crippen LogP contribution in [0.25, 0.3) is 21.8 Å². The van der Waals surface area contributed by atoms with E-state index in [1.54, 1.807) is 0 Å². The quantitative estimate of drug-likeness (QED) is 0.634. The van der Waals surface area contributed by atoms with E-state index in [1.165, 1.54) is 5.39 Å². The first kappa shape index (κ1) is 18.5. The second kappa shape index (κ2) is 8.31. The molecule has 0 bridgehead atoms. The predicted octanol–water partition coefficient (Wildman–Crippen LogP) is 3.99. The number of hydrogen-bond donors (Lipinski definition) is 2. The van der Waals surface area contributed by atoms with Crippen LogP contribution in [0.15, 0.2) is 24.3 Å². The molecule has 6 heteroatoms. The molecular formula is C18H26ClN5. The number of para-hydroxylation sites is 1. The number of aromatic nitrogens is 3. The Labute approximate surface area is 149 Å². The summed E-state index contributed by atoms with van der Waals surface area (Å²) in [5, 5.41) is 14.5. The van der Waals surface area contributed by atoms with Crippen molar-refractivity contribution in [2.45, 2.75) is 27.2 Å². The summed E-state index contributed by atoms with van der Waals surface area (Å²) in [5.74, 6) is 0.877. The molecular weight excluding hydrogens is 322 g/mol. The lowest BCUT2D eigenvalue weighted by atomic mass is 10.2. The molecule has 0 fully saturated rings. The zero-order valence-electron chi connectivity index (χ0n) is 14.6. The fraction of sp³-hybridized carbons (Fsp3) is 0.444. The van der Waals surface area contributed by atoms with Gasteiger partial charge >= 0.3 is 0 Å². The number of fused-ring (bicyclic) bond motifs is 3. The number of H-pyrrole nitrogens is 1. The molecule has 1 aromatic carbocycles. The lowest BCUT2D eigenvalue weighted by Gasteiger charge is -2.17.